The van der Waals surface area contributed by atoms with Gasteiger partial charge < -0.3 is 14.7 Å². The van der Waals surface area contributed by atoms with Crippen molar-refractivity contribution in [3.63, 3.8) is 0 Å². The highest BCUT2D eigenvalue weighted by molar-refractivity contribution is 7.99. The van der Waals surface area contributed by atoms with Crippen LogP contribution in [0.3, 0.4) is 0 Å². The lowest BCUT2D eigenvalue weighted by molar-refractivity contribution is -0.148. The number of carbonyl (C=O) groups excluding carboxylic acids is 2. The molecule has 3 aromatic rings. The third-order valence-corrected chi connectivity index (χ3v) is 8.43. The first-order valence-electron chi connectivity index (χ1n) is 12.5. The topological polar surface area (TPSA) is 109 Å². The molecule has 2 N–H and O–H groups in total. The first kappa shape index (κ1) is 27.8. The first-order chi connectivity index (χ1) is 18.4. The van der Waals surface area contributed by atoms with Crippen molar-refractivity contribution < 1.29 is 24.2 Å². The summed E-state index contributed by atoms with van der Waals surface area (Å²) in [4.78, 5) is 44.1. The summed E-state index contributed by atoms with van der Waals surface area (Å²) in [5, 5.41) is 15.4. The molecule has 0 spiro atoms. The molecule has 3 unspecified atom stereocenters. The largest absolute Gasteiger partial charge is 0.480 e. The number of ether oxygens (including phenoxy) is 1. The van der Waals surface area contributed by atoms with E-state index in [9.17, 15) is 19.5 Å². The molecule has 2 aromatic carbocycles. The molecule has 8 nitrogen and oxygen atoms in total. The van der Waals surface area contributed by atoms with E-state index >= 15 is 0 Å². The molecular weight excluding hydrogens is 522 g/mol. The maximum Gasteiger partial charge on any atom is 0.323 e. The van der Waals surface area contributed by atoms with Gasteiger partial charge in [-0.25, -0.2) is 4.98 Å². The number of hydrogen-bond acceptors (Lipinski definition) is 8. The molecule has 1 aromatic heterocycles. The zero-order valence-corrected chi connectivity index (χ0v) is 22.7. The average Bonchev–Trinajstić information content (AvgIpc) is 3.37. The van der Waals surface area contributed by atoms with Crippen molar-refractivity contribution >= 4 is 40.9 Å². The lowest BCUT2D eigenvalue weighted by atomic mass is 10.0. The van der Waals surface area contributed by atoms with Gasteiger partial charge in [0, 0.05) is 23.2 Å². The van der Waals surface area contributed by atoms with Crippen LogP contribution in [-0.2, 0) is 25.5 Å². The Morgan fingerprint density at radius 3 is 2.55 bits per heavy atom. The molecule has 0 aliphatic carbocycles. The van der Waals surface area contributed by atoms with E-state index in [0.29, 0.717) is 18.6 Å². The molecule has 38 heavy (non-hydrogen) atoms. The molecule has 2 heterocycles. The zero-order chi connectivity index (χ0) is 26.9. The lowest BCUT2D eigenvalue weighted by Gasteiger charge is -2.26. The lowest BCUT2D eigenvalue weighted by Crippen LogP contribution is -2.53. The van der Waals surface area contributed by atoms with Crippen molar-refractivity contribution in [3.8, 4) is 10.6 Å². The highest BCUT2D eigenvalue weighted by Crippen LogP contribution is 2.36. The molecule has 0 radical (unpaired) electrons. The van der Waals surface area contributed by atoms with Crippen LogP contribution in [-0.4, -0.2) is 70.4 Å². The molecule has 4 rings (SSSR count). The highest BCUT2D eigenvalue weighted by atomic mass is 32.2. The van der Waals surface area contributed by atoms with Crippen LogP contribution in [0.4, 0.5) is 0 Å². The molecule has 10 heteroatoms. The number of nitrogens with zero attached hydrogens (tertiary/aromatic N) is 2. The Bertz CT molecular complexity index is 1220. The Morgan fingerprint density at radius 1 is 1.16 bits per heavy atom. The van der Waals surface area contributed by atoms with Gasteiger partial charge in [0.05, 0.1) is 23.6 Å². The SMILES string of the molecule is CCOC(=O)C(CCc1ccccc1)NC1CSC(c2csc(-c3ccccc3)n2)CN(CC(=O)O)C1=O. The first-order valence-corrected chi connectivity index (χ1v) is 14.5. The fraction of sp³-hybridized carbons (Fsp3) is 0.357. The van der Waals surface area contributed by atoms with Gasteiger partial charge in [-0.3, -0.25) is 19.7 Å². The van der Waals surface area contributed by atoms with Crippen molar-refractivity contribution in [2.45, 2.75) is 37.1 Å². The summed E-state index contributed by atoms with van der Waals surface area (Å²) in [6, 6.07) is 18.2. The van der Waals surface area contributed by atoms with Crippen LogP contribution in [0.15, 0.2) is 66.0 Å². The molecule has 1 amide bonds. The molecule has 0 saturated carbocycles. The van der Waals surface area contributed by atoms with Gasteiger partial charge in [0.25, 0.3) is 0 Å². The number of thioether (sulfide) groups is 1. The van der Waals surface area contributed by atoms with Gasteiger partial charge in [0.2, 0.25) is 5.91 Å². The van der Waals surface area contributed by atoms with E-state index < -0.39 is 30.6 Å². The second-order valence-corrected chi connectivity index (χ2v) is 11.0. The number of aryl methyl sites for hydroxylation is 1. The van der Waals surface area contributed by atoms with Crippen LogP contribution >= 0.6 is 23.1 Å². The van der Waals surface area contributed by atoms with Gasteiger partial charge >= 0.3 is 11.9 Å². The van der Waals surface area contributed by atoms with Crippen molar-refractivity contribution in [1.82, 2.24) is 15.2 Å². The van der Waals surface area contributed by atoms with E-state index in [4.69, 9.17) is 9.72 Å². The van der Waals surface area contributed by atoms with E-state index in [1.807, 2.05) is 66.0 Å². The van der Waals surface area contributed by atoms with E-state index in [2.05, 4.69) is 5.32 Å². The van der Waals surface area contributed by atoms with Crippen molar-refractivity contribution in [2.75, 3.05) is 25.4 Å². The van der Waals surface area contributed by atoms with Gasteiger partial charge in [0.1, 0.15) is 17.6 Å². The third kappa shape index (κ3) is 7.43. The summed E-state index contributed by atoms with van der Waals surface area (Å²) >= 11 is 3.07. The van der Waals surface area contributed by atoms with Gasteiger partial charge in [-0.05, 0) is 25.3 Å². The molecule has 1 aliphatic rings. The molecule has 1 fully saturated rings. The number of carbonyl (C=O) groups is 3. The van der Waals surface area contributed by atoms with Crippen molar-refractivity contribution in [2.24, 2.45) is 0 Å². The van der Waals surface area contributed by atoms with Gasteiger partial charge in [-0.15, -0.1) is 23.1 Å². The second kappa shape index (κ2) is 13.5. The summed E-state index contributed by atoms with van der Waals surface area (Å²) in [6.07, 6.45) is 1.08. The Balaban J connectivity index is 1.52. The summed E-state index contributed by atoms with van der Waals surface area (Å²) in [6.45, 7) is 1.78. The number of rotatable bonds is 11. The highest BCUT2D eigenvalue weighted by Gasteiger charge is 2.36. The number of carboxylic acids is 1. The van der Waals surface area contributed by atoms with Gasteiger partial charge in [0.15, 0.2) is 0 Å². The number of esters is 1. The van der Waals surface area contributed by atoms with E-state index in [0.717, 1.165) is 21.8 Å². The molecule has 1 aliphatic heterocycles. The third-order valence-electron chi connectivity index (χ3n) is 6.20. The van der Waals surface area contributed by atoms with E-state index in [-0.39, 0.29) is 24.3 Å². The van der Waals surface area contributed by atoms with Crippen molar-refractivity contribution in [3.05, 3.63) is 77.3 Å². The van der Waals surface area contributed by atoms with Crippen LogP contribution in [0.2, 0.25) is 0 Å². The molecule has 200 valence electrons. The minimum Gasteiger partial charge on any atom is -0.480 e. The van der Waals surface area contributed by atoms with Crippen LogP contribution in [0.5, 0.6) is 0 Å². The van der Waals surface area contributed by atoms with Crippen LogP contribution in [0.25, 0.3) is 10.6 Å². The van der Waals surface area contributed by atoms with Gasteiger partial charge in [-0.2, -0.15) is 0 Å². The number of aliphatic carboxylic acids is 1. The van der Waals surface area contributed by atoms with Gasteiger partial charge in [-0.1, -0.05) is 60.7 Å². The minimum atomic E-state index is -1.09. The Hall–Kier alpha value is -3.21. The van der Waals surface area contributed by atoms with Crippen LogP contribution in [0.1, 0.15) is 29.9 Å². The summed E-state index contributed by atoms with van der Waals surface area (Å²) in [5.41, 5.74) is 2.90. The fourth-order valence-electron chi connectivity index (χ4n) is 4.31. The molecule has 0 bridgehead atoms. The van der Waals surface area contributed by atoms with Crippen LogP contribution < -0.4 is 5.32 Å². The van der Waals surface area contributed by atoms with Crippen LogP contribution in [0, 0.1) is 0 Å². The fourth-order valence-corrected chi connectivity index (χ4v) is 6.52. The number of aromatic nitrogens is 1. The normalized spacial score (nSPS) is 18.6. The number of benzene rings is 2. The quantitative estimate of drug-likeness (QED) is 0.343. The number of nitrogens with one attached hydrogen (secondary N) is 1. The Kier molecular flexibility index (Phi) is 9.91. The van der Waals surface area contributed by atoms with E-state index in [1.54, 1.807) is 18.7 Å². The summed E-state index contributed by atoms with van der Waals surface area (Å²) in [5.74, 6) is -1.47. The average molecular weight is 554 g/mol. The standard InChI is InChI=1S/C28H31N3O5S2/c1-2-36-28(35)21(14-13-19-9-5-3-6-10-19)29-23-18-37-24(15-31(27(23)34)16-25(32)33)22-17-38-26(30-22)20-11-7-4-8-12-20/h3-12,17,21,23-24,29H,2,13-16,18H2,1H3,(H,32,33). The smallest absolute Gasteiger partial charge is 0.323 e. The number of thiazole rings is 1. The Morgan fingerprint density at radius 2 is 1.87 bits per heavy atom. The summed E-state index contributed by atoms with van der Waals surface area (Å²) < 4.78 is 5.29. The number of hydrogen-bond donors (Lipinski definition) is 2. The zero-order valence-electron chi connectivity index (χ0n) is 21.1. The molecular formula is C28H31N3O5S2. The van der Waals surface area contributed by atoms with Crippen molar-refractivity contribution in [1.29, 1.82) is 0 Å². The summed E-state index contributed by atoms with van der Waals surface area (Å²) in [7, 11) is 0. The second-order valence-electron chi connectivity index (χ2n) is 8.93. The number of carboxylic acid groups (broad SMARTS) is 1. The predicted octanol–water partition coefficient (Wildman–Crippen LogP) is 4.03. The monoisotopic (exact) mass is 553 g/mol. The molecule has 3 atom stereocenters. The molecule has 1 saturated heterocycles. The maximum atomic E-state index is 13.5. The maximum absolute atomic E-state index is 13.5. The Labute approximate surface area is 230 Å². The van der Waals surface area contributed by atoms with E-state index in [1.165, 1.54) is 16.2 Å². The predicted molar refractivity (Wildman–Crippen MR) is 149 cm³/mol. The minimum absolute atomic E-state index is 0.191. The number of amides is 1.